The van der Waals surface area contributed by atoms with Crippen LogP contribution in [0.4, 0.5) is 0 Å². The Hall–Kier alpha value is -3.70. The Bertz CT molecular complexity index is 1260. The van der Waals surface area contributed by atoms with Gasteiger partial charge < -0.3 is 30.9 Å². The molecule has 0 radical (unpaired) electrons. The topological polar surface area (TPSA) is 188 Å². The molecule has 6 N–H and O–H groups in total. The summed E-state index contributed by atoms with van der Waals surface area (Å²) in [6, 6.07) is 3.10. The van der Waals surface area contributed by atoms with Gasteiger partial charge in [0.05, 0.1) is 17.5 Å². The van der Waals surface area contributed by atoms with Crippen molar-refractivity contribution in [2.75, 3.05) is 14.1 Å². The number of rotatable bonds is 4. The van der Waals surface area contributed by atoms with Gasteiger partial charge in [-0.15, -0.1) is 0 Å². The summed E-state index contributed by atoms with van der Waals surface area (Å²) in [5.41, 5.74) is 1.47. The van der Waals surface area contributed by atoms with Crippen molar-refractivity contribution in [3.8, 4) is 5.75 Å². The Morgan fingerprint density at radius 1 is 1.17 bits per heavy atom. The summed E-state index contributed by atoms with van der Waals surface area (Å²) >= 11 is 0. The zero-order valence-corrected chi connectivity index (χ0v) is 20.2. The van der Waals surface area contributed by atoms with E-state index in [4.69, 9.17) is 10.5 Å². The number of ketones is 2. The number of hydrogen-bond acceptors (Lipinski definition) is 10. The number of Topliss-reactive ketones (excluding diaryl/α,β-unsaturated/α-hetero) is 2. The summed E-state index contributed by atoms with van der Waals surface area (Å²) in [4.78, 5) is 53.4. The molecule has 0 aromatic heterocycles. The van der Waals surface area contributed by atoms with Crippen LogP contribution in [0.3, 0.4) is 0 Å². The number of aromatic hydroxyl groups is 1. The molecule has 3 aliphatic rings. The van der Waals surface area contributed by atoms with E-state index in [1.165, 1.54) is 32.0 Å². The van der Waals surface area contributed by atoms with E-state index in [1.54, 1.807) is 19.1 Å². The third-order valence-electron chi connectivity index (χ3n) is 7.52. The van der Waals surface area contributed by atoms with Gasteiger partial charge in [-0.1, -0.05) is 26.0 Å². The number of aliphatic hydroxyl groups excluding tert-OH is 2. The number of phenols is 1. The molecule has 0 heterocycles. The Morgan fingerprint density at radius 3 is 2.36 bits per heavy atom. The lowest BCUT2D eigenvalue weighted by atomic mass is 9.54. The molecule has 0 bridgehead atoms. The van der Waals surface area contributed by atoms with Crippen molar-refractivity contribution in [3.63, 3.8) is 0 Å². The maximum absolute atomic E-state index is 14.0. The van der Waals surface area contributed by atoms with Crippen LogP contribution in [0.25, 0.3) is 5.76 Å². The minimum absolute atomic E-state index is 0.0399. The summed E-state index contributed by atoms with van der Waals surface area (Å²) in [5, 5.41) is 44.5. The molecule has 1 aromatic carbocycles. The van der Waals surface area contributed by atoms with Crippen molar-refractivity contribution in [2.24, 2.45) is 17.6 Å². The van der Waals surface area contributed by atoms with Gasteiger partial charge in [0.15, 0.2) is 11.4 Å². The first kappa shape index (κ1) is 25.4. The van der Waals surface area contributed by atoms with Crippen molar-refractivity contribution >= 4 is 29.2 Å². The molecular weight excluding hydrogens is 472 g/mol. The number of likely N-dealkylation sites (N-methyl/N-ethyl adjacent to an activating group) is 1. The van der Waals surface area contributed by atoms with Crippen molar-refractivity contribution in [2.45, 2.75) is 43.9 Å². The fraction of sp³-hybridized carbons (Fsp3) is 0.440. The van der Waals surface area contributed by atoms with Crippen LogP contribution in [-0.2, 0) is 23.9 Å². The van der Waals surface area contributed by atoms with Crippen molar-refractivity contribution in [3.05, 3.63) is 46.2 Å². The molecule has 36 heavy (non-hydrogen) atoms. The number of carbonyl (C=O) groups excluding carboxylic acids is 4. The lowest BCUT2D eigenvalue weighted by Crippen LogP contribution is -2.71. The molecule has 3 aliphatic carbocycles. The summed E-state index contributed by atoms with van der Waals surface area (Å²) in [5.74, 6) is -9.67. The molecule has 6 atom stereocenters. The Morgan fingerprint density at radius 2 is 1.81 bits per heavy atom. The number of carbonyl (C=O) groups is 4. The molecule has 1 fully saturated rings. The van der Waals surface area contributed by atoms with E-state index in [0.717, 1.165) is 0 Å². The quantitative estimate of drug-likeness (QED) is 0.287. The Balaban J connectivity index is 2.11. The number of hydrogen-bond donors (Lipinski definition) is 5. The average Bonchev–Trinajstić information content (AvgIpc) is 2.80. The van der Waals surface area contributed by atoms with E-state index < -0.39 is 81.6 Å². The third kappa shape index (κ3) is 3.19. The van der Waals surface area contributed by atoms with Gasteiger partial charge in [-0.3, -0.25) is 24.1 Å². The zero-order valence-electron chi connectivity index (χ0n) is 20.2. The van der Waals surface area contributed by atoms with Gasteiger partial charge in [0.25, 0.3) is 5.91 Å². The van der Waals surface area contributed by atoms with Crippen LogP contribution in [0.15, 0.2) is 35.1 Å². The summed E-state index contributed by atoms with van der Waals surface area (Å²) in [6.45, 7) is 3.23. The zero-order chi connectivity index (χ0) is 26.9. The predicted octanol–water partition coefficient (Wildman–Crippen LogP) is 0.457. The summed E-state index contributed by atoms with van der Waals surface area (Å²) in [6.07, 6.45) is -1.47. The number of aliphatic hydroxyl groups is 3. The van der Waals surface area contributed by atoms with Crippen LogP contribution in [-0.4, -0.2) is 80.6 Å². The molecule has 0 saturated heterocycles. The van der Waals surface area contributed by atoms with Crippen LogP contribution >= 0.6 is 0 Å². The second-order valence-corrected chi connectivity index (χ2v) is 9.61. The van der Waals surface area contributed by atoms with Gasteiger partial charge in [0.2, 0.25) is 5.78 Å². The predicted molar refractivity (Wildman–Crippen MR) is 125 cm³/mol. The highest BCUT2D eigenvalue weighted by atomic mass is 16.5. The molecule has 192 valence electrons. The number of amides is 1. The summed E-state index contributed by atoms with van der Waals surface area (Å²) < 4.78 is 5.74. The van der Waals surface area contributed by atoms with Crippen LogP contribution in [0.2, 0.25) is 0 Å². The van der Waals surface area contributed by atoms with E-state index in [1.807, 2.05) is 0 Å². The maximum atomic E-state index is 14.0. The average molecular weight is 501 g/mol. The van der Waals surface area contributed by atoms with Crippen LogP contribution in [0.1, 0.15) is 37.3 Å². The Kier molecular flexibility index (Phi) is 5.96. The van der Waals surface area contributed by atoms with Crippen molar-refractivity contribution in [1.29, 1.82) is 0 Å². The van der Waals surface area contributed by atoms with E-state index in [0.29, 0.717) is 5.56 Å². The molecule has 0 spiro atoms. The number of esters is 1. The minimum Gasteiger partial charge on any atom is -0.508 e. The molecule has 11 heteroatoms. The fourth-order valence-corrected chi connectivity index (χ4v) is 5.92. The highest BCUT2D eigenvalue weighted by molar-refractivity contribution is 6.24. The molecule has 11 nitrogen and oxygen atoms in total. The molecular formula is C25H28N2O9. The second kappa shape index (κ2) is 8.45. The molecule has 1 aromatic rings. The van der Waals surface area contributed by atoms with Gasteiger partial charge in [-0.2, -0.15) is 0 Å². The first-order valence-corrected chi connectivity index (χ1v) is 11.5. The van der Waals surface area contributed by atoms with E-state index in [2.05, 4.69) is 0 Å². The third-order valence-corrected chi connectivity index (χ3v) is 7.52. The number of primary amides is 1. The van der Waals surface area contributed by atoms with Gasteiger partial charge in [-0.25, -0.2) is 0 Å². The molecule has 1 amide bonds. The van der Waals surface area contributed by atoms with E-state index in [-0.39, 0.29) is 17.7 Å². The summed E-state index contributed by atoms with van der Waals surface area (Å²) in [7, 11) is 2.93. The molecule has 0 aliphatic heterocycles. The van der Waals surface area contributed by atoms with Gasteiger partial charge in [-0.05, 0) is 31.6 Å². The SMILES string of the molecule is CCC(=O)OC1C2C(=C(O)c3c(O)cccc3C2C)C(=O)C2(O)C(O)=C(C(N)=O)C(=O)C(N(C)C)C12. The highest BCUT2D eigenvalue weighted by Gasteiger charge is 2.69. The number of ether oxygens (including phenoxy) is 1. The smallest absolute Gasteiger partial charge is 0.305 e. The maximum Gasteiger partial charge on any atom is 0.305 e. The number of fused-ring (bicyclic) bond motifs is 3. The molecule has 6 unspecified atom stereocenters. The van der Waals surface area contributed by atoms with Crippen LogP contribution < -0.4 is 5.73 Å². The minimum atomic E-state index is -2.94. The van der Waals surface area contributed by atoms with Gasteiger partial charge in [0.1, 0.15) is 28.9 Å². The largest absolute Gasteiger partial charge is 0.508 e. The monoisotopic (exact) mass is 500 g/mol. The number of benzene rings is 1. The number of phenolic OH excluding ortho intramolecular Hbond substituents is 1. The molecule has 1 saturated carbocycles. The van der Waals surface area contributed by atoms with E-state index in [9.17, 15) is 39.6 Å². The molecule has 4 rings (SSSR count). The standard InChI is InChI=1S/C25H28N2O9/c1-5-12(29)36-21-13-9(2)10-7-6-8-11(28)14(10)19(30)15(13)22(32)25(35)17(21)18(27(3)4)20(31)16(23(25)33)24(26)34/h6-9,13,17-18,21,28,30,33,35H,5H2,1-4H3,(H2,26,34). The first-order chi connectivity index (χ1) is 16.8. The van der Waals surface area contributed by atoms with Crippen molar-refractivity contribution < 1.29 is 44.3 Å². The van der Waals surface area contributed by atoms with E-state index >= 15 is 0 Å². The fourth-order valence-electron chi connectivity index (χ4n) is 5.92. The number of nitrogens with two attached hydrogens (primary N) is 1. The van der Waals surface area contributed by atoms with Crippen LogP contribution in [0, 0.1) is 11.8 Å². The Labute approximate surface area is 206 Å². The highest BCUT2D eigenvalue weighted by Crippen LogP contribution is 2.56. The lowest BCUT2D eigenvalue weighted by Gasteiger charge is -2.54. The second-order valence-electron chi connectivity index (χ2n) is 9.61. The van der Waals surface area contributed by atoms with Gasteiger partial charge >= 0.3 is 5.97 Å². The normalized spacial score (nSPS) is 31.7. The lowest BCUT2D eigenvalue weighted by molar-refractivity contribution is -0.185. The van der Waals surface area contributed by atoms with Crippen molar-refractivity contribution in [1.82, 2.24) is 4.90 Å². The van der Waals surface area contributed by atoms with Gasteiger partial charge in [0, 0.05) is 17.9 Å². The van der Waals surface area contributed by atoms with Crippen LogP contribution in [0.5, 0.6) is 5.75 Å². The number of nitrogens with zero attached hydrogens (tertiary/aromatic N) is 1. The first-order valence-electron chi connectivity index (χ1n) is 11.5.